The van der Waals surface area contributed by atoms with Crippen molar-refractivity contribution in [2.75, 3.05) is 0 Å². The number of rotatable bonds is 1. The molecule has 4 heteroatoms. The highest BCUT2D eigenvalue weighted by molar-refractivity contribution is 5.85. The van der Waals surface area contributed by atoms with Gasteiger partial charge in [-0.3, -0.25) is 0 Å². The van der Waals surface area contributed by atoms with Gasteiger partial charge in [0.1, 0.15) is 0 Å². The Hall–Kier alpha value is 0.110. The number of hydrogen-bond acceptors (Lipinski definition) is 1. The molecule has 1 aliphatic carbocycles. The van der Waals surface area contributed by atoms with Crippen LogP contribution < -0.4 is 5.73 Å². The molecule has 1 nitrogen and oxygen atoms in total. The minimum atomic E-state index is -2.47. The molecule has 1 aliphatic rings. The SMILES string of the molecule is CCC1(N)CC(F)(F)C1.Cl. The quantitative estimate of drug-likeness (QED) is 0.641. The van der Waals surface area contributed by atoms with Gasteiger partial charge in [0.25, 0.3) is 5.92 Å². The van der Waals surface area contributed by atoms with Gasteiger partial charge in [0.15, 0.2) is 0 Å². The highest BCUT2D eigenvalue weighted by atomic mass is 35.5. The summed E-state index contributed by atoms with van der Waals surface area (Å²) in [5.41, 5.74) is 4.95. The third kappa shape index (κ3) is 1.80. The smallest absolute Gasteiger partial charge is 0.251 e. The number of nitrogens with two attached hydrogens (primary N) is 1. The van der Waals surface area contributed by atoms with E-state index in [1.807, 2.05) is 6.92 Å². The van der Waals surface area contributed by atoms with Crippen LogP contribution in [0.25, 0.3) is 0 Å². The molecular weight excluding hydrogens is 160 g/mol. The van der Waals surface area contributed by atoms with Crippen LogP contribution in [0.3, 0.4) is 0 Å². The Morgan fingerprint density at radius 1 is 1.40 bits per heavy atom. The molecular formula is C6H12ClF2N. The van der Waals surface area contributed by atoms with Crippen LogP contribution in [-0.4, -0.2) is 11.5 Å². The van der Waals surface area contributed by atoms with Gasteiger partial charge in [-0.15, -0.1) is 12.4 Å². The van der Waals surface area contributed by atoms with Gasteiger partial charge in [-0.1, -0.05) is 6.92 Å². The van der Waals surface area contributed by atoms with Crippen LogP contribution >= 0.6 is 12.4 Å². The zero-order valence-corrected chi connectivity index (χ0v) is 6.68. The molecule has 1 fully saturated rings. The van der Waals surface area contributed by atoms with Crippen molar-refractivity contribution in [1.29, 1.82) is 0 Å². The minimum Gasteiger partial charge on any atom is -0.325 e. The lowest BCUT2D eigenvalue weighted by Crippen LogP contribution is -2.57. The van der Waals surface area contributed by atoms with Gasteiger partial charge >= 0.3 is 0 Å². The second kappa shape index (κ2) is 2.62. The van der Waals surface area contributed by atoms with Crippen LogP contribution in [0.15, 0.2) is 0 Å². The van der Waals surface area contributed by atoms with Gasteiger partial charge in [-0.2, -0.15) is 0 Å². The first-order valence-electron chi connectivity index (χ1n) is 3.14. The molecule has 62 valence electrons. The zero-order valence-electron chi connectivity index (χ0n) is 5.86. The van der Waals surface area contributed by atoms with Crippen molar-refractivity contribution >= 4 is 12.4 Å². The van der Waals surface area contributed by atoms with E-state index in [9.17, 15) is 8.78 Å². The van der Waals surface area contributed by atoms with Crippen LogP contribution in [0.4, 0.5) is 8.78 Å². The molecule has 0 unspecified atom stereocenters. The average Bonchev–Trinajstić information content (AvgIpc) is 1.61. The number of hydrogen-bond donors (Lipinski definition) is 1. The molecule has 0 radical (unpaired) electrons. The summed E-state index contributed by atoms with van der Waals surface area (Å²) in [6.07, 6.45) is 0.398. The van der Waals surface area contributed by atoms with Crippen LogP contribution in [0, 0.1) is 0 Å². The molecule has 1 rings (SSSR count). The Kier molecular flexibility index (Phi) is 2.65. The molecule has 0 heterocycles. The van der Waals surface area contributed by atoms with Gasteiger partial charge in [-0.05, 0) is 6.42 Å². The predicted molar refractivity (Wildman–Crippen MR) is 38.6 cm³/mol. The van der Waals surface area contributed by atoms with Gasteiger partial charge in [0, 0.05) is 18.4 Å². The largest absolute Gasteiger partial charge is 0.325 e. The predicted octanol–water partition coefficient (Wildman–Crippen LogP) is 1.94. The summed E-state index contributed by atoms with van der Waals surface area (Å²) in [5, 5.41) is 0. The van der Waals surface area contributed by atoms with E-state index in [0.29, 0.717) is 6.42 Å². The molecule has 1 saturated carbocycles. The molecule has 0 aromatic carbocycles. The van der Waals surface area contributed by atoms with E-state index in [-0.39, 0.29) is 25.2 Å². The fourth-order valence-corrected chi connectivity index (χ4v) is 1.23. The number of halogens is 3. The summed E-state index contributed by atoms with van der Waals surface area (Å²) in [5.74, 6) is -2.47. The first kappa shape index (κ1) is 10.1. The van der Waals surface area contributed by atoms with E-state index < -0.39 is 11.5 Å². The fraction of sp³-hybridized carbons (Fsp3) is 1.00. The summed E-state index contributed by atoms with van der Waals surface area (Å²) >= 11 is 0. The van der Waals surface area contributed by atoms with Crippen molar-refractivity contribution in [1.82, 2.24) is 0 Å². The first-order valence-corrected chi connectivity index (χ1v) is 3.14. The molecule has 0 amide bonds. The van der Waals surface area contributed by atoms with Crippen molar-refractivity contribution in [2.24, 2.45) is 5.73 Å². The topological polar surface area (TPSA) is 26.0 Å². The maximum absolute atomic E-state index is 12.1. The summed E-state index contributed by atoms with van der Waals surface area (Å²) in [6, 6.07) is 0. The summed E-state index contributed by atoms with van der Waals surface area (Å²) in [6.45, 7) is 1.84. The maximum Gasteiger partial charge on any atom is 0.251 e. The van der Waals surface area contributed by atoms with E-state index in [0.717, 1.165) is 0 Å². The van der Waals surface area contributed by atoms with Gasteiger partial charge in [0.05, 0.1) is 0 Å². The van der Waals surface area contributed by atoms with Gasteiger partial charge in [0.2, 0.25) is 0 Å². The molecule has 0 spiro atoms. The molecule has 0 aromatic rings. The van der Waals surface area contributed by atoms with Crippen molar-refractivity contribution in [3.05, 3.63) is 0 Å². The Morgan fingerprint density at radius 3 is 1.90 bits per heavy atom. The van der Waals surface area contributed by atoms with Crippen molar-refractivity contribution in [3.63, 3.8) is 0 Å². The Balaban J connectivity index is 0.000000810. The molecule has 10 heavy (non-hydrogen) atoms. The van der Waals surface area contributed by atoms with Crippen molar-refractivity contribution in [3.8, 4) is 0 Å². The van der Waals surface area contributed by atoms with Crippen molar-refractivity contribution < 1.29 is 8.78 Å². The average molecular weight is 172 g/mol. The highest BCUT2D eigenvalue weighted by Gasteiger charge is 2.52. The second-order valence-electron chi connectivity index (χ2n) is 2.93. The standard InChI is InChI=1S/C6H11F2N.ClH/c1-2-5(9)3-6(7,8)4-5;/h2-4,9H2,1H3;1H. The lowest BCUT2D eigenvalue weighted by Gasteiger charge is -2.43. The van der Waals surface area contributed by atoms with Crippen LogP contribution in [-0.2, 0) is 0 Å². The lowest BCUT2D eigenvalue weighted by atomic mass is 9.73. The van der Waals surface area contributed by atoms with Crippen LogP contribution in [0.1, 0.15) is 26.2 Å². The van der Waals surface area contributed by atoms with E-state index in [1.165, 1.54) is 0 Å². The Bertz CT molecular complexity index is 119. The monoisotopic (exact) mass is 171 g/mol. The molecule has 0 atom stereocenters. The third-order valence-corrected chi connectivity index (χ3v) is 1.93. The third-order valence-electron chi connectivity index (χ3n) is 1.93. The summed E-state index contributed by atoms with van der Waals surface area (Å²) in [7, 11) is 0. The van der Waals surface area contributed by atoms with E-state index in [1.54, 1.807) is 0 Å². The molecule has 0 bridgehead atoms. The Morgan fingerprint density at radius 2 is 1.80 bits per heavy atom. The highest BCUT2D eigenvalue weighted by Crippen LogP contribution is 2.45. The van der Waals surface area contributed by atoms with Crippen molar-refractivity contribution in [2.45, 2.75) is 37.6 Å². The summed E-state index contributed by atoms with van der Waals surface area (Å²) in [4.78, 5) is 0. The zero-order chi connectivity index (χ0) is 7.12. The lowest BCUT2D eigenvalue weighted by molar-refractivity contribution is -0.122. The maximum atomic E-state index is 12.1. The number of alkyl halides is 2. The summed E-state index contributed by atoms with van der Waals surface area (Å²) < 4.78 is 24.3. The van der Waals surface area contributed by atoms with E-state index in [4.69, 9.17) is 5.73 Å². The Labute approximate surface area is 65.4 Å². The normalized spacial score (nSPS) is 26.4. The van der Waals surface area contributed by atoms with Crippen LogP contribution in [0.5, 0.6) is 0 Å². The molecule has 0 aromatic heterocycles. The first-order chi connectivity index (χ1) is 3.97. The van der Waals surface area contributed by atoms with E-state index in [2.05, 4.69) is 0 Å². The molecule has 2 N–H and O–H groups in total. The second-order valence-corrected chi connectivity index (χ2v) is 2.93. The van der Waals surface area contributed by atoms with E-state index >= 15 is 0 Å². The van der Waals surface area contributed by atoms with Gasteiger partial charge in [-0.25, -0.2) is 8.78 Å². The molecule has 0 saturated heterocycles. The van der Waals surface area contributed by atoms with Crippen LogP contribution in [0.2, 0.25) is 0 Å². The van der Waals surface area contributed by atoms with Gasteiger partial charge < -0.3 is 5.73 Å². The molecule has 0 aliphatic heterocycles. The fourth-order valence-electron chi connectivity index (χ4n) is 1.23. The minimum absolute atomic E-state index is 0.